The highest BCUT2D eigenvalue weighted by Crippen LogP contribution is 2.58. The van der Waals surface area contributed by atoms with Crippen molar-refractivity contribution in [3.8, 4) is 0 Å². The zero-order valence-electron chi connectivity index (χ0n) is 10.2. The topological polar surface area (TPSA) is 55.8 Å². The van der Waals surface area contributed by atoms with Gasteiger partial charge < -0.3 is 14.6 Å². The van der Waals surface area contributed by atoms with E-state index in [4.69, 9.17) is 9.47 Å². The Morgan fingerprint density at radius 3 is 2.38 bits per heavy atom. The Kier molecular flexibility index (Phi) is 2.55. The highest BCUT2D eigenvalue weighted by atomic mass is 16.5. The van der Waals surface area contributed by atoms with Gasteiger partial charge in [-0.05, 0) is 24.7 Å². The molecule has 4 heteroatoms. The predicted octanol–water partition coefficient (Wildman–Crippen LogP) is 1.12. The molecule has 1 saturated heterocycles. The Balaban J connectivity index is 2.24. The monoisotopic (exact) mass is 228 g/mol. The average Bonchev–Trinajstić information content (AvgIpc) is 2.63. The van der Waals surface area contributed by atoms with E-state index in [9.17, 15) is 9.90 Å². The molecule has 4 nitrogen and oxygen atoms in total. The molecule has 0 aromatic rings. The molecule has 0 aromatic carbocycles. The van der Waals surface area contributed by atoms with Crippen LogP contribution in [0.2, 0.25) is 0 Å². The van der Waals surface area contributed by atoms with E-state index in [1.54, 1.807) is 0 Å². The summed E-state index contributed by atoms with van der Waals surface area (Å²) in [6.45, 7) is 5.01. The Bertz CT molecular complexity index is 294. The zero-order valence-corrected chi connectivity index (χ0v) is 10.2. The molecular weight excluding hydrogens is 208 g/mol. The maximum absolute atomic E-state index is 11.9. The molecule has 1 atom stereocenters. The minimum Gasteiger partial charge on any atom is -0.468 e. The maximum atomic E-state index is 11.9. The van der Waals surface area contributed by atoms with Gasteiger partial charge in [0.05, 0.1) is 19.3 Å². The summed E-state index contributed by atoms with van der Waals surface area (Å²) in [4.78, 5) is 11.9. The molecule has 0 aromatic heterocycles. The lowest BCUT2D eigenvalue weighted by Gasteiger charge is -2.56. The van der Waals surface area contributed by atoms with Crippen LogP contribution < -0.4 is 0 Å². The lowest BCUT2D eigenvalue weighted by atomic mass is 9.51. The summed E-state index contributed by atoms with van der Waals surface area (Å²) in [6, 6.07) is 0. The lowest BCUT2D eigenvalue weighted by molar-refractivity contribution is -0.211. The Morgan fingerprint density at radius 1 is 1.38 bits per heavy atom. The molecule has 1 unspecified atom stereocenters. The first-order valence-corrected chi connectivity index (χ1v) is 5.74. The van der Waals surface area contributed by atoms with Gasteiger partial charge in [0.25, 0.3) is 0 Å². The first-order chi connectivity index (χ1) is 7.35. The molecule has 2 rings (SSSR count). The van der Waals surface area contributed by atoms with Crippen molar-refractivity contribution in [3.63, 3.8) is 0 Å². The number of carbonyl (C=O) groups is 1. The molecule has 0 amide bonds. The van der Waals surface area contributed by atoms with Gasteiger partial charge >= 0.3 is 5.97 Å². The largest absolute Gasteiger partial charge is 0.468 e. The van der Waals surface area contributed by atoms with Crippen molar-refractivity contribution in [1.29, 1.82) is 0 Å². The summed E-state index contributed by atoms with van der Waals surface area (Å²) in [5.74, 6) is -0.331. The van der Waals surface area contributed by atoms with E-state index >= 15 is 0 Å². The van der Waals surface area contributed by atoms with E-state index in [0.29, 0.717) is 25.9 Å². The van der Waals surface area contributed by atoms with Gasteiger partial charge in [0.15, 0.2) is 0 Å². The minimum absolute atomic E-state index is 0.109. The summed E-state index contributed by atoms with van der Waals surface area (Å²) >= 11 is 0. The number of ether oxygens (including phenoxy) is 2. The molecule has 1 saturated carbocycles. The molecule has 1 N–H and O–H groups in total. The predicted molar refractivity (Wildman–Crippen MR) is 57.8 cm³/mol. The van der Waals surface area contributed by atoms with E-state index < -0.39 is 11.0 Å². The van der Waals surface area contributed by atoms with Crippen LogP contribution in [0.5, 0.6) is 0 Å². The summed E-state index contributed by atoms with van der Waals surface area (Å²) in [7, 11) is 1.37. The van der Waals surface area contributed by atoms with Gasteiger partial charge in [0.1, 0.15) is 5.41 Å². The summed E-state index contributed by atoms with van der Waals surface area (Å²) in [5, 5.41) is 10.6. The second kappa shape index (κ2) is 3.44. The van der Waals surface area contributed by atoms with E-state index in [-0.39, 0.29) is 18.0 Å². The van der Waals surface area contributed by atoms with Crippen LogP contribution in [0, 0.1) is 10.8 Å². The van der Waals surface area contributed by atoms with Gasteiger partial charge in [0.2, 0.25) is 0 Å². The number of methoxy groups -OCH3 is 1. The summed E-state index contributed by atoms with van der Waals surface area (Å²) in [6.07, 6.45) is 1.84. The highest BCUT2D eigenvalue weighted by molar-refractivity contribution is 5.79. The SMILES string of the molecule is COC(=O)C1(C2(O)CC(C)(C)C2)CCOC1. The lowest BCUT2D eigenvalue weighted by Crippen LogP contribution is -2.63. The number of esters is 1. The van der Waals surface area contributed by atoms with Crippen LogP contribution in [0.25, 0.3) is 0 Å². The minimum atomic E-state index is -0.944. The van der Waals surface area contributed by atoms with Crippen molar-refractivity contribution in [2.45, 2.75) is 38.7 Å². The normalized spacial score (nSPS) is 35.5. The molecule has 1 aliphatic carbocycles. The number of hydrogen-bond donors (Lipinski definition) is 1. The van der Waals surface area contributed by atoms with Crippen molar-refractivity contribution in [1.82, 2.24) is 0 Å². The van der Waals surface area contributed by atoms with Gasteiger partial charge in [-0.1, -0.05) is 13.8 Å². The Morgan fingerprint density at radius 2 is 2.00 bits per heavy atom. The van der Waals surface area contributed by atoms with E-state index in [1.807, 2.05) is 0 Å². The highest BCUT2D eigenvalue weighted by Gasteiger charge is 2.65. The van der Waals surface area contributed by atoms with Crippen LogP contribution in [-0.2, 0) is 14.3 Å². The van der Waals surface area contributed by atoms with Crippen molar-refractivity contribution >= 4 is 5.97 Å². The smallest absolute Gasteiger partial charge is 0.317 e. The Hall–Kier alpha value is -0.610. The standard InChI is InChI=1S/C12H20O4/c1-10(2)6-12(14,7-10)11(9(13)15-3)4-5-16-8-11/h14H,4-8H2,1-3H3. The molecule has 0 bridgehead atoms. The van der Waals surface area contributed by atoms with Gasteiger partial charge in [-0.2, -0.15) is 0 Å². The molecule has 2 aliphatic rings. The van der Waals surface area contributed by atoms with Gasteiger partial charge in [-0.25, -0.2) is 0 Å². The van der Waals surface area contributed by atoms with E-state index in [0.717, 1.165) is 0 Å². The summed E-state index contributed by atoms with van der Waals surface area (Å²) in [5.41, 5.74) is -1.67. The number of aliphatic hydroxyl groups is 1. The molecule has 1 heterocycles. The van der Waals surface area contributed by atoms with Crippen molar-refractivity contribution in [3.05, 3.63) is 0 Å². The van der Waals surface area contributed by atoms with Crippen LogP contribution in [0.15, 0.2) is 0 Å². The van der Waals surface area contributed by atoms with Crippen LogP contribution in [-0.4, -0.2) is 37.0 Å². The van der Waals surface area contributed by atoms with E-state index in [1.165, 1.54) is 7.11 Å². The Labute approximate surface area is 95.9 Å². The maximum Gasteiger partial charge on any atom is 0.317 e. The molecule has 16 heavy (non-hydrogen) atoms. The fourth-order valence-electron chi connectivity index (χ4n) is 3.35. The fourth-order valence-corrected chi connectivity index (χ4v) is 3.35. The molecule has 2 fully saturated rings. The second-order valence-electron chi connectivity index (χ2n) is 5.93. The third kappa shape index (κ3) is 1.47. The van der Waals surface area contributed by atoms with Crippen molar-refractivity contribution < 1.29 is 19.4 Å². The average molecular weight is 228 g/mol. The van der Waals surface area contributed by atoms with Gasteiger partial charge in [-0.3, -0.25) is 4.79 Å². The molecular formula is C12H20O4. The molecule has 1 aliphatic heterocycles. The zero-order chi connectivity index (χ0) is 12.0. The quantitative estimate of drug-likeness (QED) is 0.719. The van der Waals surface area contributed by atoms with Crippen LogP contribution >= 0.6 is 0 Å². The second-order valence-corrected chi connectivity index (χ2v) is 5.93. The van der Waals surface area contributed by atoms with Crippen molar-refractivity contribution in [2.75, 3.05) is 20.3 Å². The van der Waals surface area contributed by atoms with Crippen LogP contribution in [0.3, 0.4) is 0 Å². The first-order valence-electron chi connectivity index (χ1n) is 5.74. The van der Waals surface area contributed by atoms with Crippen LogP contribution in [0.1, 0.15) is 33.1 Å². The van der Waals surface area contributed by atoms with Gasteiger partial charge in [0, 0.05) is 6.61 Å². The summed E-state index contributed by atoms with van der Waals surface area (Å²) < 4.78 is 10.2. The molecule has 0 spiro atoms. The van der Waals surface area contributed by atoms with Crippen molar-refractivity contribution in [2.24, 2.45) is 10.8 Å². The number of hydrogen-bond acceptors (Lipinski definition) is 4. The third-order valence-corrected chi connectivity index (χ3v) is 4.03. The van der Waals surface area contributed by atoms with Gasteiger partial charge in [-0.15, -0.1) is 0 Å². The van der Waals surface area contributed by atoms with Crippen LogP contribution in [0.4, 0.5) is 0 Å². The molecule has 0 radical (unpaired) electrons. The van der Waals surface area contributed by atoms with E-state index in [2.05, 4.69) is 13.8 Å². The fraction of sp³-hybridized carbons (Fsp3) is 0.917. The third-order valence-electron chi connectivity index (χ3n) is 4.03. The molecule has 92 valence electrons. The number of rotatable bonds is 2. The first kappa shape index (κ1) is 11.9. The number of carbonyl (C=O) groups excluding carboxylic acids is 1.